The first-order valence-corrected chi connectivity index (χ1v) is 10.8. The van der Waals surface area contributed by atoms with Gasteiger partial charge in [0, 0.05) is 26.1 Å². The van der Waals surface area contributed by atoms with Crippen molar-refractivity contribution in [1.82, 2.24) is 9.80 Å². The number of piperidine rings is 1. The van der Waals surface area contributed by atoms with Gasteiger partial charge in [-0.05, 0) is 49.8 Å². The normalized spacial score (nSPS) is 18.6. The monoisotopic (exact) mass is 378 g/mol. The average molecular weight is 379 g/mol. The Balaban J connectivity index is 1.59. The summed E-state index contributed by atoms with van der Waals surface area (Å²) in [6.45, 7) is 8.39. The summed E-state index contributed by atoms with van der Waals surface area (Å²) < 4.78 is 0. The van der Waals surface area contributed by atoms with E-state index in [0.717, 1.165) is 26.1 Å². The topological polar surface area (TPSA) is 23.6 Å². The number of carbonyl (C=O) groups is 1. The van der Waals surface area contributed by atoms with Crippen LogP contribution < -0.4 is 0 Å². The van der Waals surface area contributed by atoms with E-state index in [2.05, 4.69) is 71.3 Å². The fourth-order valence-electron chi connectivity index (χ4n) is 4.30. The Morgan fingerprint density at radius 2 is 1.79 bits per heavy atom. The largest absolute Gasteiger partial charge is 0.336 e. The molecule has 1 saturated heterocycles. The summed E-state index contributed by atoms with van der Waals surface area (Å²) in [6, 6.07) is 21.3. The molecular weight excluding hydrogens is 344 g/mol. The maximum atomic E-state index is 12.7. The molecule has 2 aromatic rings. The van der Waals surface area contributed by atoms with Crippen LogP contribution in [0.4, 0.5) is 0 Å². The van der Waals surface area contributed by atoms with Gasteiger partial charge in [-0.25, -0.2) is 0 Å². The predicted molar refractivity (Wildman–Crippen MR) is 116 cm³/mol. The third-order valence-electron chi connectivity index (χ3n) is 5.99. The lowest BCUT2D eigenvalue weighted by Gasteiger charge is -2.38. The highest BCUT2D eigenvalue weighted by atomic mass is 16.2. The second kappa shape index (κ2) is 10.4. The number of hydrogen-bond donors (Lipinski definition) is 0. The molecule has 0 radical (unpaired) electrons. The summed E-state index contributed by atoms with van der Waals surface area (Å²) in [6.07, 6.45) is 4.12. The molecule has 0 saturated carbocycles. The molecule has 2 atom stereocenters. The maximum absolute atomic E-state index is 12.7. The minimum Gasteiger partial charge on any atom is -0.336 e. The number of rotatable bonds is 8. The van der Waals surface area contributed by atoms with Crippen LogP contribution in [0.15, 0.2) is 60.7 Å². The SMILES string of the molecule is CCC(=O)N(CC1CCCN(CCc2ccccc2)C1)[C@H](C)c1ccccc1. The van der Waals surface area contributed by atoms with Crippen LogP contribution in [0.2, 0.25) is 0 Å². The van der Waals surface area contributed by atoms with E-state index in [9.17, 15) is 4.79 Å². The van der Waals surface area contributed by atoms with E-state index < -0.39 is 0 Å². The zero-order valence-electron chi connectivity index (χ0n) is 17.4. The van der Waals surface area contributed by atoms with Gasteiger partial charge in [-0.2, -0.15) is 0 Å². The molecule has 0 aromatic heterocycles. The minimum atomic E-state index is 0.133. The predicted octanol–water partition coefficient (Wildman–Crippen LogP) is 4.94. The molecule has 0 bridgehead atoms. The molecule has 1 unspecified atom stereocenters. The number of likely N-dealkylation sites (tertiary alicyclic amines) is 1. The molecule has 3 nitrogen and oxygen atoms in total. The highest BCUT2D eigenvalue weighted by molar-refractivity contribution is 5.76. The van der Waals surface area contributed by atoms with Crippen molar-refractivity contribution < 1.29 is 4.79 Å². The van der Waals surface area contributed by atoms with Crippen molar-refractivity contribution in [3.8, 4) is 0 Å². The third kappa shape index (κ3) is 5.68. The van der Waals surface area contributed by atoms with Crippen LogP contribution in [0.25, 0.3) is 0 Å². The van der Waals surface area contributed by atoms with Crippen LogP contribution in [0, 0.1) is 5.92 Å². The summed E-state index contributed by atoms with van der Waals surface area (Å²) in [5, 5.41) is 0. The van der Waals surface area contributed by atoms with Crippen molar-refractivity contribution in [1.29, 1.82) is 0 Å². The molecular formula is C25H34N2O. The molecule has 150 valence electrons. The molecule has 0 aliphatic carbocycles. The van der Waals surface area contributed by atoms with Gasteiger partial charge in [0.2, 0.25) is 5.91 Å². The van der Waals surface area contributed by atoms with E-state index in [1.165, 1.54) is 30.5 Å². The van der Waals surface area contributed by atoms with Gasteiger partial charge in [-0.1, -0.05) is 67.6 Å². The third-order valence-corrected chi connectivity index (χ3v) is 5.99. The number of nitrogens with zero attached hydrogens (tertiary/aromatic N) is 2. The van der Waals surface area contributed by atoms with Gasteiger partial charge in [-0.3, -0.25) is 4.79 Å². The Hall–Kier alpha value is -2.13. The van der Waals surface area contributed by atoms with Crippen LogP contribution >= 0.6 is 0 Å². The molecule has 1 aliphatic rings. The van der Waals surface area contributed by atoms with Crippen LogP contribution in [0.3, 0.4) is 0 Å². The van der Waals surface area contributed by atoms with Crippen molar-refractivity contribution in [2.75, 3.05) is 26.2 Å². The van der Waals surface area contributed by atoms with Crippen molar-refractivity contribution in [2.45, 2.75) is 45.6 Å². The van der Waals surface area contributed by atoms with Gasteiger partial charge in [0.05, 0.1) is 6.04 Å². The van der Waals surface area contributed by atoms with Gasteiger partial charge < -0.3 is 9.80 Å². The Bertz CT molecular complexity index is 716. The Morgan fingerprint density at radius 1 is 1.11 bits per heavy atom. The molecule has 0 spiro atoms. The Morgan fingerprint density at radius 3 is 2.46 bits per heavy atom. The first-order valence-electron chi connectivity index (χ1n) is 10.8. The second-order valence-electron chi connectivity index (χ2n) is 8.03. The van der Waals surface area contributed by atoms with Crippen LogP contribution in [0.5, 0.6) is 0 Å². The first-order chi connectivity index (χ1) is 13.7. The molecule has 3 heteroatoms. The molecule has 0 N–H and O–H groups in total. The zero-order chi connectivity index (χ0) is 19.8. The van der Waals surface area contributed by atoms with E-state index >= 15 is 0 Å². The highest BCUT2D eigenvalue weighted by Crippen LogP contribution is 2.25. The lowest BCUT2D eigenvalue weighted by atomic mass is 9.95. The summed E-state index contributed by atoms with van der Waals surface area (Å²) in [7, 11) is 0. The van der Waals surface area contributed by atoms with Crippen LogP contribution in [0.1, 0.15) is 50.3 Å². The number of amides is 1. The van der Waals surface area contributed by atoms with Gasteiger partial charge in [0.15, 0.2) is 0 Å². The number of carbonyl (C=O) groups excluding carboxylic acids is 1. The molecule has 1 heterocycles. The van der Waals surface area contributed by atoms with E-state index in [1.807, 2.05) is 13.0 Å². The van der Waals surface area contributed by atoms with Gasteiger partial charge in [-0.15, -0.1) is 0 Å². The van der Waals surface area contributed by atoms with E-state index in [4.69, 9.17) is 0 Å². The van der Waals surface area contributed by atoms with Crippen molar-refractivity contribution in [3.05, 3.63) is 71.8 Å². The zero-order valence-corrected chi connectivity index (χ0v) is 17.4. The van der Waals surface area contributed by atoms with Crippen molar-refractivity contribution in [3.63, 3.8) is 0 Å². The maximum Gasteiger partial charge on any atom is 0.222 e. The fourth-order valence-corrected chi connectivity index (χ4v) is 4.30. The van der Waals surface area contributed by atoms with E-state index in [1.54, 1.807) is 0 Å². The minimum absolute atomic E-state index is 0.133. The quantitative estimate of drug-likeness (QED) is 0.649. The molecule has 1 aliphatic heterocycles. The molecule has 3 rings (SSSR count). The first kappa shape index (κ1) is 20.6. The van der Waals surface area contributed by atoms with E-state index in [0.29, 0.717) is 12.3 Å². The molecule has 1 amide bonds. The lowest BCUT2D eigenvalue weighted by molar-refractivity contribution is -0.134. The van der Waals surface area contributed by atoms with Crippen molar-refractivity contribution >= 4 is 5.91 Å². The Kier molecular flexibility index (Phi) is 7.67. The Labute approximate surface area is 170 Å². The standard InChI is InChI=1S/C25H34N2O/c1-3-25(28)27(21(2)24-14-8-5-9-15-24)20-23-13-10-17-26(19-23)18-16-22-11-6-4-7-12-22/h4-9,11-12,14-15,21,23H,3,10,13,16-20H2,1-2H3/t21-,23?/m1/s1. The summed E-state index contributed by atoms with van der Waals surface area (Å²) >= 11 is 0. The summed E-state index contributed by atoms with van der Waals surface area (Å²) in [5.74, 6) is 0.823. The smallest absolute Gasteiger partial charge is 0.222 e. The van der Waals surface area contributed by atoms with Crippen molar-refractivity contribution in [2.24, 2.45) is 5.92 Å². The number of hydrogen-bond acceptors (Lipinski definition) is 2. The van der Waals surface area contributed by atoms with Gasteiger partial charge in [0.25, 0.3) is 0 Å². The summed E-state index contributed by atoms with van der Waals surface area (Å²) in [4.78, 5) is 17.4. The highest BCUT2D eigenvalue weighted by Gasteiger charge is 2.27. The average Bonchev–Trinajstić information content (AvgIpc) is 2.76. The van der Waals surface area contributed by atoms with Crippen LogP contribution in [-0.2, 0) is 11.2 Å². The molecule has 1 fully saturated rings. The molecule has 2 aromatic carbocycles. The molecule has 28 heavy (non-hydrogen) atoms. The lowest BCUT2D eigenvalue weighted by Crippen LogP contribution is -2.44. The number of benzene rings is 2. The second-order valence-corrected chi connectivity index (χ2v) is 8.03. The van der Waals surface area contributed by atoms with Crippen LogP contribution in [-0.4, -0.2) is 41.9 Å². The summed E-state index contributed by atoms with van der Waals surface area (Å²) in [5.41, 5.74) is 2.63. The van der Waals surface area contributed by atoms with Gasteiger partial charge >= 0.3 is 0 Å². The van der Waals surface area contributed by atoms with Gasteiger partial charge in [0.1, 0.15) is 0 Å². The fraction of sp³-hybridized carbons (Fsp3) is 0.480. The van der Waals surface area contributed by atoms with E-state index in [-0.39, 0.29) is 11.9 Å².